The predicted octanol–water partition coefficient (Wildman–Crippen LogP) is 2.63. The smallest absolute Gasteiger partial charge is 0.255 e. The summed E-state index contributed by atoms with van der Waals surface area (Å²) in [7, 11) is 0. The lowest BCUT2D eigenvalue weighted by Crippen LogP contribution is -2.44. The van der Waals surface area contributed by atoms with Crippen LogP contribution in [0.4, 0.5) is 0 Å². The van der Waals surface area contributed by atoms with Crippen LogP contribution in [0.1, 0.15) is 64.0 Å². The third-order valence-electron chi connectivity index (χ3n) is 7.60. The lowest BCUT2D eigenvalue weighted by atomic mass is 9.61. The van der Waals surface area contributed by atoms with Crippen molar-refractivity contribution in [3.63, 3.8) is 0 Å². The summed E-state index contributed by atoms with van der Waals surface area (Å²) in [5.41, 5.74) is 7.19. The molecule has 4 aliphatic carbocycles. The second kappa shape index (κ2) is 7.78. The van der Waals surface area contributed by atoms with Gasteiger partial charge in [-0.3, -0.25) is 14.4 Å². The Morgan fingerprint density at radius 2 is 1.72 bits per heavy atom. The molecule has 4 aliphatic rings. The van der Waals surface area contributed by atoms with Gasteiger partial charge in [-0.25, -0.2) is 0 Å². The molecule has 1 aromatic carbocycles. The van der Waals surface area contributed by atoms with Crippen LogP contribution in [0.5, 0.6) is 5.75 Å². The van der Waals surface area contributed by atoms with Crippen LogP contribution in [0.3, 0.4) is 0 Å². The average Bonchev–Trinajstić information content (AvgIpc) is 3.21. The topological polar surface area (TPSA) is 169 Å². The van der Waals surface area contributed by atoms with E-state index in [2.05, 4.69) is 0 Å². The number of phenolic OH excluding ortho intramolecular Hbond substituents is 1. The van der Waals surface area contributed by atoms with Crippen molar-refractivity contribution >= 4 is 23.2 Å². The molecule has 0 radical (unpaired) electrons. The fourth-order valence-corrected chi connectivity index (χ4v) is 6.28. The van der Waals surface area contributed by atoms with E-state index in [4.69, 9.17) is 5.73 Å². The number of nitrogens with two attached hydrogens (primary N) is 1. The highest BCUT2D eigenvalue weighted by Crippen LogP contribution is 2.51. The second-order valence-corrected chi connectivity index (χ2v) is 9.26. The van der Waals surface area contributed by atoms with Gasteiger partial charge in [0.25, 0.3) is 5.91 Å². The van der Waals surface area contributed by atoms with Gasteiger partial charge in [0.15, 0.2) is 11.6 Å². The fraction of sp³-hybridized carbons (Fsp3) is 0.458. The van der Waals surface area contributed by atoms with Gasteiger partial charge in [-0.2, -0.15) is 0 Å². The highest BCUT2D eigenvalue weighted by molar-refractivity contribution is 6.21. The van der Waals surface area contributed by atoms with Crippen LogP contribution < -0.4 is 5.73 Å². The minimum Gasteiger partial charge on any atom is -0.511 e. The van der Waals surface area contributed by atoms with Crippen LogP contribution in [0.25, 0.3) is 5.76 Å². The molecular weight excluding hydrogens is 414 g/mol. The molecule has 0 aliphatic heterocycles. The zero-order valence-electron chi connectivity index (χ0n) is 17.6. The number of allylic oxidation sites excluding steroid dienone is 2. The van der Waals surface area contributed by atoms with Crippen LogP contribution in [0, 0.1) is 17.8 Å². The Bertz CT molecular complexity index is 1100. The maximum Gasteiger partial charge on any atom is 0.255 e. The molecule has 0 aromatic heterocycles. The minimum atomic E-state index is -1.07. The maximum absolute atomic E-state index is 13.4. The highest BCUT2D eigenvalue weighted by atomic mass is 16.3. The molecule has 3 atom stereocenters. The molecule has 0 saturated heterocycles. The monoisotopic (exact) mass is 445 g/mol. The summed E-state index contributed by atoms with van der Waals surface area (Å²) >= 11 is 0. The Morgan fingerprint density at radius 3 is 2.38 bits per heavy atom. The van der Waals surface area contributed by atoms with Crippen molar-refractivity contribution in [2.24, 2.45) is 23.5 Å². The molecule has 0 spiro atoms. The van der Waals surface area contributed by atoms with Crippen LogP contribution in [-0.4, -0.2) is 38.3 Å². The van der Waals surface area contributed by atoms with E-state index in [0.717, 1.165) is 36.8 Å². The van der Waals surface area contributed by atoms with E-state index in [1.807, 2.05) is 6.07 Å². The summed E-state index contributed by atoms with van der Waals surface area (Å²) in [6.07, 6.45) is 5.30. The number of aromatic hydroxyl groups is 1. The molecule has 2 saturated carbocycles. The summed E-state index contributed by atoms with van der Waals surface area (Å²) < 4.78 is 0. The van der Waals surface area contributed by atoms with Crippen molar-refractivity contribution in [2.45, 2.75) is 50.9 Å². The summed E-state index contributed by atoms with van der Waals surface area (Å²) in [6.45, 7) is 0. The van der Waals surface area contributed by atoms with E-state index in [1.54, 1.807) is 6.07 Å². The molecule has 3 unspecified atom stereocenters. The number of amides is 1. The SMILES string of the molecule is NC(=O)C1=C(O)C2C(=O)C3=C(O)c4c(O)ccc(C5CCCC5)c4CC3CC2CC1=O.O.[HH].[HH]. The predicted molar refractivity (Wildman–Crippen MR) is 119 cm³/mol. The minimum absolute atomic E-state index is 0. The van der Waals surface area contributed by atoms with Crippen molar-refractivity contribution < 1.29 is 38.0 Å². The molecule has 2 fully saturated rings. The van der Waals surface area contributed by atoms with Gasteiger partial charge in [-0.05, 0) is 60.6 Å². The van der Waals surface area contributed by atoms with Crippen LogP contribution >= 0.6 is 0 Å². The number of fused-ring (bicyclic) bond motifs is 3. The lowest BCUT2D eigenvalue weighted by Gasteiger charge is -2.41. The largest absolute Gasteiger partial charge is 0.511 e. The molecule has 8 heteroatoms. The Balaban J connectivity index is 0.00000136. The van der Waals surface area contributed by atoms with Crippen LogP contribution in [0.15, 0.2) is 29.0 Å². The number of ketones is 2. The second-order valence-electron chi connectivity index (χ2n) is 9.26. The van der Waals surface area contributed by atoms with Crippen molar-refractivity contribution in [1.29, 1.82) is 0 Å². The number of hydrogen-bond acceptors (Lipinski definition) is 6. The average molecular weight is 446 g/mol. The van der Waals surface area contributed by atoms with Crippen molar-refractivity contribution in [3.05, 3.63) is 45.7 Å². The van der Waals surface area contributed by atoms with Gasteiger partial charge in [0.05, 0.1) is 11.5 Å². The first-order valence-corrected chi connectivity index (χ1v) is 10.9. The number of aliphatic hydroxyl groups excluding tert-OH is 2. The van der Waals surface area contributed by atoms with E-state index < -0.39 is 40.6 Å². The Labute approximate surface area is 187 Å². The van der Waals surface area contributed by atoms with Crippen molar-refractivity contribution in [1.82, 2.24) is 0 Å². The molecule has 32 heavy (non-hydrogen) atoms. The third kappa shape index (κ3) is 3.04. The molecule has 1 amide bonds. The summed E-state index contributed by atoms with van der Waals surface area (Å²) in [5, 5.41) is 32.2. The van der Waals surface area contributed by atoms with Gasteiger partial charge >= 0.3 is 0 Å². The maximum atomic E-state index is 13.4. The van der Waals surface area contributed by atoms with Gasteiger partial charge in [0.1, 0.15) is 22.8 Å². The number of hydrogen-bond donors (Lipinski definition) is 4. The number of primary amides is 1. The molecule has 8 nitrogen and oxygen atoms in total. The zero-order chi connectivity index (χ0) is 22.0. The number of Topliss-reactive ketones (excluding diaryl/α,β-unsaturated/α-hetero) is 2. The Kier molecular flexibility index (Phi) is 5.36. The Morgan fingerprint density at radius 1 is 1.03 bits per heavy atom. The van der Waals surface area contributed by atoms with E-state index in [0.29, 0.717) is 24.3 Å². The van der Waals surface area contributed by atoms with Crippen LogP contribution in [-0.2, 0) is 20.8 Å². The molecule has 1 aromatic rings. The first kappa shape index (κ1) is 22.1. The summed E-state index contributed by atoms with van der Waals surface area (Å²) in [6, 6.07) is 3.50. The molecule has 174 valence electrons. The standard InChI is InChI=1S/C24H25NO6.H2O.2H2/c25-24(31)20-16(27)9-12-7-11-8-14-13(10-3-1-2-4-10)5-6-15(26)19(14)22(29)17(11)21(28)18(12)23(20)30;;;/h5-6,10-12,18,26,29-30H,1-4,7-9H2,(H2,25,31);1H2;2*1H. The number of benzene rings is 1. The number of carbonyl (C=O) groups excluding carboxylic acids is 3. The van der Waals surface area contributed by atoms with Gasteiger partial charge in [-0.1, -0.05) is 18.9 Å². The summed E-state index contributed by atoms with van der Waals surface area (Å²) in [5.74, 6) is -4.47. The first-order chi connectivity index (χ1) is 14.8. The fourth-order valence-electron chi connectivity index (χ4n) is 6.28. The molecular formula is C24H31NO7. The molecule has 0 bridgehead atoms. The van der Waals surface area contributed by atoms with Crippen molar-refractivity contribution in [3.8, 4) is 5.75 Å². The normalized spacial score (nSPS) is 27.6. The highest BCUT2D eigenvalue weighted by Gasteiger charge is 2.51. The lowest BCUT2D eigenvalue weighted by molar-refractivity contribution is -0.127. The van der Waals surface area contributed by atoms with E-state index in [-0.39, 0.29) is 37.7 Å². The van der Waals surface area contributed by atoms with Crippen LogP contribution in [0.2, 0.25) is 0 Å². The molecule has 7 N–H and O–H groups in total. The van der Waals surface area contributed by atoms with E-state index in [9.17, 15) is 29.7 Å². The Hall–Kier alpha value is -3.13. The quantitative estimate of drug-likeness (QED) is 0.510. The summed E-state index contributed by atoms with van der Waals surface area (Å²) in [4.78, 5) is 37.4. The number of carbonyl (C=O) groups is 3. The number of rotatable bonds is 2. The zero-order valence-corrected chi connectivity index (χ0v) is 17.6. The van der Waals surface area contributed by atoms with E-state index in [1.165, 1.54) is 0 Å². The van der Waals surface area contributed by atoms with Crippen molar-refractivity contribution in [2.75, 3.05) is 0 Å². The third-order valence-corrected chi connectivity index (χ3v) is 7.60. The number of phenols is 1. The van der Waals surface area contributed by atoms with Gasteiger partial charge in [0.2, 0.25) is 0 Å². The molecule has 5 rings (SSSR count). The van der Waals surface area contributed by atoms with Gasteiger partial charge < -0.3 is 26.5 Å². The van der Waals surface area contributed by atoms with E-state index >= 15 is 0 Å². The van der Waals surface area contributed by atoms with Gasteiger partial charge in [0, 0.05) is 14.8 Å². The first-order valence-electron chi connectivity index (χ1n) is 10.9. The molecule has 0 heterocycles. The van der Waals surface area contributed by atoms with Gasteiger partial charge in [-0.15, -0.1) is 0 Å². The number of aliphatic hydroxyl groups is 2.